The first-order valence-corrected chi connectivity index (χ1v) is 4.79. The minimum atomic E-state index is -0.935. The Labute approximate surface area is 93.9 Å². The van der Waals surface area contributed by atoms with E-state index in [1.807, 2.05) is 6.92 Å². The van der Waals surface area contributed by atoms with E-state index >= 15 is 0 Å². The zero-order valence-electron chi connectivity index (χ0n) is 8.95. The third-order valence-corrected chi connectivity index (χ3v) is 2.04. The third-order valence-electron chi connectivity index (χ3n) is 2.04. The molecule has 0 saturated carbocycles. The summed E-state index contributed by atoms with van der Waals surface area (Å²) in [6.45, 7) is 2.10. The number of aliphatic hydroxyl groups is 1. The molecule has 0 aliphatic heterocycles. The molecule has 0 unspecified atom stereocenters. The van der Waals surface area contributed by atoms with Crippen molar-refractivity contribution < 1.29 is 15.0 Å². The van der Waals surface area contributed by atoms with Crippen LogP contribution in [-0.2, 0) is 0 Å². The van der Waals surface area contributed by atoms with Gasteiger partial charge < -0.3 is 15.5 Å². The summed E-state index contributed by atoms with van der Waals surface area (Å²) < 4.78 is 0. The van der Waals surface area contributed by atoms with E-state index in [9.17, 15) is 4.79 Å². The Hall–Kier alpha value is -1.99. The molecule has 1 rings (SSSR count). The number of carboxylic acids is 1. The Bertz CT molecular complexity index is 443. The van der Waals surface area contributed by atoms with Crippen molar-refractivity contribution in [3.05, 3.63) is 29.3 Å². The summed E-state index contributed by atoms with van der Waals surface area (Å²) >= 11 is 0. The number of carbonyl (C=O) groups is 1. The van der Waals surface area contributed by atoms with Crippen molar-refractivity contribution in [1.82, 2.24) is 0 Å². The van der Waals surface area contributed by atoms with Gasteiger partial charge in [-0.3, -0.25) is 0 Å². The zero-order valence-corrected chi connectivity index (χ0v) is 8.95. The fourth-order valence-electron chi connectivity index (χ4n) is 1.25. The zero-order chi connectivity index (χ0) is 12.0. The minimum absolute atomic E-state index is 0.154. The molecule has 0 atom stereocenters. The smallest absolute Gasteiger partial charge is 0.335 e. The van der Waals surface area contributed by atoms with E-state index in [0.29, 0.717) is 6.54 Å². The van der Waals surface area contributed by atoms with Crippen molar-refractivity contribution in [3.63, 3.8) is 0 Å². The topological polar surface area (TPSA) is 69.6 Å². The van der Waals surface area contributed by atoms with Crippen molar-refractivity contribution in [2.45, 2.75) is 6.92 Å². The molecular formula is C12H13NO3. The summed E-state index contributed by atoms with van der Waals surface area (Å²) in [5.41, 5.74) is 1.97. The minimum Gasteiger partial charge on any atom is -0.478 e. The van der Waals surface area contributed by atoms with Crippen LogP contribution in [0, 0.1) is 18.8 Å². The van der Waals surface area contributed by atoms with Crippen LogP contribution < -0.4 is 5.32 Å². The highest BCUT2D eigenvalue weighted by atomic mass is 16.4. The third kappa shape index (κ3) is 3.30. The molecule has 1 aromatic carbocycles. The Morgan fingerprint density at radius 2 is 2.19 bits per heavy atom. The molecular weight excluding hydrogens is 206 g/mol. The van der Waals surface area contributed by atoms with E-state index in [-0.39, 0.29) is 12.2 Å². The Kier molecular flexibility index (Phi) is 4.37. The van der Waals surface area contributed by atoms with Crippen LogP contribution >= 0.6 is 0 Å². The molecule has 0 heterocycles. The van der Waals surface area contributed by atoms with E-state index in [1.54, 1.807) is 12.1 Å². The lowest BCUT2D eigenvalue weighted by Gasteiger charge is -2.07. The van der Waals surface area contributed by atoms with Crippen molar-refractivity contribution in [3.8, 4) is 11.8 Å². The van der Waals surface area contributed by atoms with Gasteiger partial charge in [-0.25, -0.2) is 4.79 Å². The monoisotopic (exact) mass is 219 g/mol. The maximum Gasteiger partial charge on any atom is 0.335 e. The number of aryl methyl sites for hydroxylation is 1. The van der Waals surface area contributed by atoms with E-state index in [4.69, 9.17) is 10.2 Å². The number of carboxylic acid groups (broad SMARTS) is 1. The molecule has 4 nitrogen and oxygen atoms in total. The van der Waals surface area contributed by atoms with Crippen LogP contribution in [0.5, 0.6) is 0 Å². The molecule has 0 bridgehead atoms. The molecule has 0 aliphatic carbocycles. The first kappa shape index (κ1) is 12.1. The van der Waals surface area contributed by atoms with Crippen LogP contribution in [-0.4, -0.2) is 29.3 Å². The molecule has 0 amide bonds. The quantitative estimate of drug-likeness (QED) is 0.666. The fraction of sp³-hybridized carbons (Fsp3) is 0.250. The maximum absolute atomic E-state index is 10.7. The molecule has 0 fully saturated rings. The number of nitrogens with one attached hydrogen (secondary N) is 1. The van der Waals surface area contributed by atoms with Crippen LogP contribution in [0.4, 0.5) is 5.69 Å². The largest absolute Gasteiger partial charge is 0.478 e. The maximum atomic E-state index is 10.7. The summed E-state index contributed by atoms with van der Waals surface area (Å²) in [5, 5.41) is 20.3. The van der Waals surface area contributed by atoms with Gasteiger partial charge in [0.1, 0.15) is 6.61 Å². The standard InChI is InChI=1S/C12H13NO3/c1-9-8-10(12(15)16)4-5-11(9)13-6-2-3-7-14/h4-5,8,13-14H,6-7H2,1H3,(H,15,16). The van der Waals surface area contributed by atoms with Crippen LogP contribution in [0.25, 0.3) is 0 Å². The molecule has 0 radical (unpaired) electrons. The van der Waals surface area contributed by atoms with Gasteiger partial charge in [-0.1, -0.05) is 11.8 Å². The van der Waals surface area contributed by atoms with Gasteiger partial charge in [0.05, 0.1) is 12.1 Å². The van der Waals surface area contributed by atoms with Gasteiger partial charge in [0.25, 0.3) is 0 Å². The fourth-order valence-corrected chi connectivity index (χ4v) is 1.25. The Balaban J connectivity index is 2.72. The van der Waals surface area contributed by atoms with Crippen LogP contribution in [0.1, 0.15) is 15.9 Å². The van der Waals surface area contributed by atoms with E-state index < -0.39 is 5.97 Å². The molecule has 0 aliphatic rings. The van der Waals surface area contributed by atoms with Crippen molar-refractivity contribution in [1.29, 1.82) is 0 Å². The predicted molar refractivity (Wildman–Crippen MR) is 61.5 cm³/mol. The second-order valence-corrected chi connectivity index (χ2v) is 3.20. The highest BCUT2D eigenvalue weighted by Crippen LogP contribution is 2.16. The first-order valence-electron chi connectivity index (χ1n) is 4.79. The van der Waals surface area contributed by atoms with Gasteiger partial charge in [-0.15, -0.1) is 0 Å². The molecule has 0 saturated heterocycles. The molecule has 3 N–H and O–H groups in total. The molecule has 0 aromatic heterocycles. The van der Waals surface area contributed by atoms with E-state index in [2.05, 4.69) is 17.2 Å². The lowest BCUT2D eigenvalue weighted by Crippen LogP contribution is -2.03. The average Bonchev–Trinajstić information content (AvgIpc) is 2.26. The molecule has 0 spiro atoms. The summed E-state index contributed by atoms with van der Waals surface area (Å²) in [7, 11) is 0. The van der Waals surface area contributed by atoms with Crippen LogP contribution in [0.2, 0.25) is 0 Å². The average molecular weight is 219 g/mol. The van der Waals surface area contributed by atoms with Gasteiger partial charge in [0, 0.05) is 5.69 Å². The summed E-state index contributed by atoms with van der Waals surface area (Å²) in [5.74, 6) is 4.30. The number of aromatic carboxylic acids is 1. The molecule has 1 aromatic rings. The van der Waals surface area contributed by atoms with E-state index in [1.165, 1.54) is 6.07 Å². The number of aliphatic hydroxyl groups excluding tert-OH is 1. The van der Waals surface area contributed by atoms with Crippen LogP contribution in [0.3, 0.4) is 0 Å². The van der Waals surface area contributed by atoms with Gasteiger partial charge >= 0.3 is 5.97 Å². The number of rotatable bonds is 3. The highest BCUT2D eigenvalue weighted by molar-refractivity contribution is 5.88. The Morgan fingerprint density at radius 1 is 1.44 bits per heavy atom. The van der Waals surface area contributed by atoms with E-state index in [0.717, 1.165) is 11.3 Å². The lowest BCUT2D eigenvalue weighted by atomic mass is 10.1. The van der Waals surface area contributed by atoms with Crippen molar-refractivity contribution in [2.75, 3.05) is 18.5 Å². The van der Waals surface area contributed by atoms with Gasteiger partial charge in [0.15, 0.2) is 0 Å². The normalized spacial score (nSPS) is 9.12. The SMILES string of the molecule is Cc1cc(C(=O)O)ccc1NCC#CCO. The second-order valence-electron chi connectivity index (χ2n) is 3.20. The van der Waals surface area contributed by atoms with Crippen molar-refractivity contribution >= 4 is 11.7 Å². The molecule has 84 valence electrons. The lowest BCUT2D eigenvalue weighted by molar-refractivity contribution is 0.0697. The van der Waals surface area contributed by atoms with Gasteiger partial charge in [-0.2, -0.15) is 0 Å². The second kappa shape index (κ2) is 5.79. The number of anilines is 1. The number of hydrogen-bond acceptors (Lipinski definition) is 3. The predicted octanol–water partition coefficient (Wildman–Crippen LogP) is 1.10. The summed E-state index contributed by atoms with van der Waals surface area (Å²) in [4.78, 5) is 10.7. The van der Waals surface area contributed by atoms with Crippen molar-refractivity contribution in [2.24, 2.45) is 0 Å². The molecule has 16 heavy (non-hydrogen) atoms. The number of hydrogen-bond donors (Lipinski definition) is 3. The summed E-state index contributed by atoms with van der Waals surface area (Å²) in [6.07, 6.45) is 0. The molecule has 4 heteroatoms. The Morgan fingerprint density at radius 3 is 2.75 bits per heavy atom. The first-order chi connectivity index (χ1) is 7.65. The number of benzene rings is 1. The highest BCUT2D eigenvalue weighted by Gasteiger charge is 2.04. The summed E-state index contributed by atoms with van der Waals surface area (Å²) in [6, 6.07) is 4.85. The van der Waals surface area contributed by atoms with Gasteiger partial charge in [0.2, 0.25) is 0 Å². The van der Waals surface area contributed by atoms with Gasteiger partial charge in [-0.05, 0) is 30.7 Å². The van der Waals surface area contributed by atoms with Crippen LogP contribution in [0.15, 0.2) is 18.2 Å².